The van der Waals surface area contributed by atoms with Gasteiger partial charge in [0.1, 0.15) is 18.1 Å². The molecule has 4 amide bonds. The summed E-state index contributed by atoms with van der Waals surface area (Å²) in [6.45, 7) is -0.817. The van der Waals surface area contributed by atoms with Crippen LogP contribution in [0.4, 0.5) is 0 Å². The van der Waals surface area contributed by atoms with Crippen molar-refractivity contribution in [2.24, 2.45) is 11.5 Å². The topological polar surface area (TPSA) is 214 Å². The lowest BCUT2D eigenvalue weighted by molar-refractivity contribution is -0.143. The first-order chi connectivity index (χ1) is 14.1. The molecule has 12 nitrogen and oxygen atoms in total. The highest BCUT2D eigenvalue weighted by Gasteiger charge is 2.29. The Bertz CT molecular complexity index is 623. The Morgan fingerprint density at radius 1 is 0.967 bits per heavy atom. The first kappa shape index (κ1) is 28.0. The SMILES string of the molecule is CSCCC(NC(=O)C(CS)NC(=O)C(N)CCC(N)=O)C(=O)NC(CO)C(=O)O. The van der Waals surface area contributed by atoms with E-state index >= 15 is 0 Å². The van der Waals surface area contributed by atoms with Gasteiger partial charge in [0.2, 0.25) is 23.6 Å². The number of carboxylic acid groups (broad SMARTS) is 1. The molecule has 9 N–H and O–H groups in total. The molecule has 0 aromatic carbocycles. The minimum Gasteiger partial charge on any atom is -0.480 e. The molecule has 0 rings (SSSR count). The van der Waals surface area contributed by atoms with Crippen molar-refractivity contribution in [1.82, 2.24) is 16.0 Å². The van der Waals surface area contributed by atoms with Crippen LogP contribution in [-0.2, 0) is 24.0 Å². The fraction of sp³-hybridized carbons (Fsp3) is 0.688. The van der Waals surface area contributed by atoms with Gasteiger partial charge in [0, 0.05) is 12.2 Å². The van der Waals surface area contributed by atoms with Gasteiger partial charge in [0.15, 0.2) is 0 Å². The number of aliphatic carboxylic acids is 1. The van der Waals surface area contributed by atoms with Gasteiger partial charge in [0.25, 0.3) is 0 Å². The Labute approximate surface area is 183 Å². The number of carboxylic acids is 1. The quantitative estimate of drug-likeness (QED) is 0.114. The number of carbonyl (C=O) groups is 5. The van der Waals surface area contributed by atoms with Crippen molar-refractivity contribution in [2.45, 2.75) is 43.4 Å². The molecule has 0 bridgehead atoms. The lowest BCUT2D eigenvalue weighted by Gasteiger charge is -2.24. The van der Waals surface area contributed by atoms with Gasteiger partial charge < -0.3 is 37.6 Å². The molecule has 4 unspecified atom stereocenters. The predicted molar refractivity (Wildman–Crippen MR) is 114 cm³/mol. The van der Waals surface area contributed by atoms with Crippen molar-refractivity contribution in [3.05, 3.63) is 0 Å². The van der Waals surface area contributed by atoms with Gasteiger partial charge in [-0.05, 0) is 24.9 Å². The lowest BCUT2D eigenvalue weighted by atomic mass is 10.1. The third kappa shape index (κ3) is 10.7. The third-order valence-electron chi connectivity index (χ3n) is 3.89. The van der Waals surface area contributed by atoms with Crippen LogP contribution in [0.2, 0.25) is 0 Å². The van der Waals surface area contributed by atoms with Crippen molar-refractivity contribution in [3.63, 3.8) is 0 Å². The average Bonchev–Trinajstić information content (AvgIpc) is 2.70. The van der Waals surface area contributed by atoms with E-state index < -0.39 is 60.4 Å². The van der Waals surface area contributed by atoms with Crippen LogP contribution in [0.1, 0.15) is 19.3 Å². The zero-order chi connectivity index (χ0) is 23.3. The Hall–Kier alpha value is -2.03. The second-order valence-corrected chi connectivity index (χ2v) is 7.63. The number of thioether (sulfide) groups is 1. The highest BCUT2D eigenvalue weighted by atomic mass is 32.2. The molecule has 0 aromatic heterocycles. The molecule has 0 aliphatic rings. The van der Waals surface area contributed by atoms with Gasteiger partial charge in [-0.2, -0.15) is 24.4 Å². The van der Waals surface area contributed by atoms with Gasteiger partial charge in [-0.15, -0.1) is 0 Å². The standard InChI is InChI=1S/C16H29N5O7S2/c1-30-5-4-9(14(25)20-10(6-22)16(27)28)19-15(26)11(7-29)21-13(24)8(17)2-3-12(18)23/h8-11,22,29H,2-7,17H2,1H3,(H2,18,23)(H,19,26)(H,20,25)(H,21,24)(H,27,28). The summed E-state index contributed by atoms with van der Waals surface area (Å²) in [4.78, 5) is 58.8. The van der Waals surface area contributed by atoms with Crippen LogP contribution >= 0.6 is 24.4 Å². The lowest BCUT2D eigenvalue weighted by Crippen LogP contribution is -2.58. The molecule has 0 heterocycles. The maximum Gasteiger partial charge on any atom is 0.328 e. The first-order valence-electron chi connectivity index (χ1n) is 8.95. The summed E-state index contributed by atoms with van der Waals surface area (Å²) in [7, 11) is 0. The number of nitrogens with one attached hydrogen (secondary N) is 3. The molecular formula is C16H29N5O7S2. The van der Waals surface area contributed by atoms with Crippen LogP contribution in [0, 0.1) is 0 Å². The first-order valence-corrected chi connectivity index (χ1v) is 11.0. The smallest absolute Gasteiger partial charge is 0.328 e. The van der Waals surface area contributed by atoms with E-state index in [1.165, 1.54) is 11.8 Å². The third-order valence-corrected chi connectivity index (χ3v) is 4.90. The molecule has 0 saturated heterocycles. The molecular weight excluding hydrogens is 438 g/mol. The molecule has 0 fully saturated rings. The highest BCUT2D eigenvalue weighted by Crippen LogP contribution is 2.04. The van der Waals surface area contributed by atoms with Crippen molar-refractivity contribution < 1.29 is 34.2 Å². The Kier molecular flexibility index (Phi) is 13.9. The summed E-state index contributed by atoms with van der Waals surface area (Å²) in [6.07, 6.45) is 1.87. The second kappa shape index (κ2) is 14.9. The number of primary amides is 1. The number of nitrogens with two attached hydrogens (primary N) is 2. The fourth-order valence-electron chi connectivity index (χ4n) is 2.14. The van der Waals surface area contributed by atoms with Crippen molar-refractivity contribution in [1.29, 1.82) is 0 Å². The van der Waals surface area contributed by atoms with E-state index in [1.807, 2.05) is 0 Å². The van der Waals surface area contributed by atoms with E-state index in [9.17, 15) is 24.0 Å². The second-order valence-electron chi connectivity index (χ2n) is 6.28. The van der Waals surface area contributed by atoms with E-state index in [-0.39, 0.29) is 25.0 Å². The summed E-state index contributed by atoms with van der Waals surface area (Å²) in [5, 5.41) is 25.0. The van der Waals surface area contributed by atoms with Crippen LogP contribution in [0.3, 0.4) is 0 Å². The number of hydrogen-bond acceptors (Lipinski definition) is 9. The number of hydrogen-bond donors (Lipinski definition) is 8. The molecule has 0 spiro atoms. The monoisotopic (exact) mass is 467 g/mol. The maximum atomic E-state index is 12.5. The molecule has 14 heteroatoms. The zero-order valence-corrected chi connectivity index (χ0v) is 18.2. The van der Waals surface area contributed by atoms with Crippen LogP contribution in [-0.4, -0.2) is 88.3 Å². The number of aliphatic hydroxyl groups excluding tert-OH is 1. The minimum atomic E-state index is -1.52. The molecule has 4 atom stereocenters. The molecule has 172 valence electrons. The zero-order valence-electron chi connectivity index (χ0n) is 16.5. The summed E-state index contributed by atoms with van der Waals surface area (Å²) >= 11 is 5.43. The summed E-state index contributed by atoms with van der Waals surface area (Å²) in [5.41, 5.74) is 10.7. The molecule has 0 aliphatic carbocycles. The van der Waals surface area contributed by atoms with Crippen LogP contribution in [0.5, 0.6) is 0 Å². The molecule has 0 saturated carbocycles. The van der Waals surface area contributed by atoms with E-state index in [4.69, 9.17) is 21.7 Å². The molecule has 0 aromatic rings. The van der Waals surface area contributed by atoms with Gasteiger partial charge in [0.05, 0.1) is 12.6 Å². The van der Waals surface area contributed by atoms with E-state index in [1.54, 1.807) is 6.26 Å². The van der Waals surface area contributed by atoms with Gasteiger partial charge in [-0.3, -0.25) is 19.2 Å². The van der Waals surface area contributed by atoms with Crippen LogP contribution < -0.4 is 27.4 Å². The van der Waals surface area contributed by atoms with Crippen molar-refractivity contribution in [2.75, 3.05) is 24.4 Å². The Balaban J connectivity index is 5.07. The van der Waals surface area contributed by atoms with Crippen LogP contribution in [0.25, 0.3) is 0 Å². The number of rotatable bonds is 15. The molecule has 0 radical (unpaired) electrons. The summed E-state index contributed by atoms with van der Waals surface area (Å²) < 4.78 is 0. The van der Waals surface area contributed by atoms with Crippen molar-refractivity contribution in [3.8, 4) is 0 Å². The van der Waals surface area contributed by atoms with Gasteiger partial charge in [-0.25, -0.2) is 4.79 Å². The number of amides is 4. The number of carbonyl (C=O) groups excluding carboxylic acids is 4. The Morgan fingerprint density at radius 2 is 1.50 bits per heavy atom. The summed E-state index contributed by atoms with van der Waals surface area (Å²) in [6, 6.07) is -4.81. The largest absolute Gasteiger partial charge is 0.480 e. The molecule has 0 aliphatic heterocycles. The summed E-state index contributed by atoms with van der Waals surface area (Å²) in [5.74, 6) is -3.88. The number of thiol groups is 1. The highest BCUT2D eigenvalue weighted by molar-refractivity contribution is 7.98. The van der Waals surface area contributed by atoms with Crippen LogP contribution in [0.15, 0.2) is 0 Å². The average molecular weight is 468 g/mol. The minimum absolute atomic E-state index is 0.00142. The van der Waals surface area contributed by atoms with Crippen molar-refractivity contribution >= 4 is 54.0 Å². The predicted octanol–water partition coefficient (Wildman–Crippen LogP) is -3.21. The van der Waals surface area contributed by atoms with Gasteiger partial charge >= 0.3 is 5.97 Å². The van der Waals surface area contributed by atoms with E-state index in [2.05, 4.69) is 28.6 Å². The van der Waals surface area contributed by atoms with Gasteiger partial charge in [-0.1, -0.05) is 0 Å². The van der Waals surface area contributed by atoms with E-state index in [0.717, 1.165) is 0 Å². The van der Waals surface area contributed by atoms with E-state index in [0.29, 0.717) is 5.75 Å². The number of aliphatic hydroxyl groups is 1. The maximum absolute atomic E-state index is 12.5. The molecule has 30 heavy (non-hydrogen) atoms. The fourth-order valence-corrected chi connectivity index (χ4v) is 2.86. The Morgan fingerprint density at radius 3 is 1.97 bits per heavy atom. The normalized spacial score (nSPS) is 14.7.